The highest BCUT2D eigenvalue weighted by Crippen LogP contribution is 2.22. The standard InChI is InChI=1S/C19H23N3O2/c23-18(10-15-5-1-4-14-6-2-8-20-19(14)15)21-11-17-12-22-9-3-7-16(22)13-24-17/h1-2,4-6,8,16-17H,3,7,9-13H2,(H,21,23)/t16-,17+/m1/s1. The van der Waals surface area contributed by atoms with E-state index in [0.717, 1.165) is 29.6 Å². The molecule has 5 heteroatoms. The summed E-state index contributed by atoms with van der Waals surface area (Å²) in [6.07, 6.45) is 4.74. The SMILES string of the molecule is O=C(Cc1cccc2cccnc12)NC[C@H]1CN2CCC[C@@H]2CO1. The highest BCUT2D eigenvalue weighted by molar-refractivity contribution is 5.87. The van der Waals surface area contributed by atoms with Gasteiger partial charge >= 0.3 is 0 Å². The van der Waals surface area contributed by atoms with Crippen molar-refractivity contribution < 1.29 is 9.53 Å². The second kappa shape index (κ2) is 6.87. The van der Waals surface area contributed by atoms with E-state index in [0.29, 0.717) is 19.0 Å². The molecular formula is C19H23N3O2. The smallest absolute Gasteiger partial charge is 0.224 e. The van der Waals surface area contributed by atoms with E-state index in [9.17, 15) is 4.79 Å². The first-order valence-electron chi connectivity index (χ1n) is 8.74. The van der Waals surface area contributed by atoms with Crippen LogP contribution >= 0.6 is 0 Å². The van der Waals surface area contributed by atoms with Crippen LogP contribution in [0.25, 0.3) is 10.9 Å². The zero-order valence-electron chi connectivity index (χ0n) is 13.8. The Morgan fingerprint density at radius 1 is 1.33 bits per heavy atom. The van der Waals surface area contributed by atoms with Crippen LogP contribution in [0.2, 0.25) is 0 Å². The van der Waals surface area contributed by atoms with Crippen molar-refractivity contribution in [3.63, 3.8) is 0 Å². The minimum atomic E-state index is 0.0281. The maximum atomic E-state index is 12.3. The second-order valence-corrected chi connectivity index (χ2v) is 6.72. The molecule has 3 heterocycles. The molecule has 0 bridgehead atoms. The van der Waals surface area contributed by atoms with Crippen LogP contribution in [-0.4, -0.2) is 54.2 Å². The number of nitrogens with one attached hydrogen (secondary N) is 1. The average molecular weight is 325 g/mol. The Balaban J connectivity index is 1.33. The van der Waals surface area contributed by atoms with Gasteiger partial charge in [0.2, 0.25) is 5.91 Å². The molecule has 126 valence electrons. The van der Waals surface area contributed by atoms with Gasteiger partial charge in [0.15, 0.2) is 0 Å². The molecule has 24 heavy (non-hydrogen) atoms. The number of carbonyl (C=O) groups is 1. The number of para-hydroxylation sites is 1. The third-order valence-electron chi connectivity index (χ3n) is 5.06. The summed E-state index contributed by atoms with van der Waals surface area (Å²) in [6.45, 7) is 3.48. The minimum absolute atomic E-state index is 0.0281. The summed E-state index contributed by atoms with van der Waals surface area (Å²) in [4.78, 5) is 19.2. The van der Waals surface area contributed by atoms with Gasteiger partial charge in [-0.2, -0.15) is 0 Å². The Bertz CT molecular complexity index is 728. The van der Waals surface area contributed by atoms with Crippen LogP contribution in [0.15, 0.2) is 36.5 Å². The normalized spacial score (nSPS) is 24.0. The lowest BCUT2D eigenvalue weighted by Gasteiger charge is -2.35. The molecule has 4 rings (SSSR count). The molecule has 2 aromatic rings. The van der Waals surface area contributed by atoms with Crippen LogP contribution < -0.4 is 5.32 Å². The topological polar surface area (TPSA) is 54.5 Å². The molecule has 0 saturated carbocycles. The number of hydrogen-bond donors (Lipinski definition) is 1. The number of amides is 1. The molecule has 0 radical (unpaired) electrons. The Hall–Kier alpha value is -1.98. The van der Waals surface area contributed by atoms with Crippen molar-refractivity contribution in [3.8, 4) is 0 Å². The van der Waals surface area contributed by atoms with E-state index in [1.165, 1.54) is 19.4 Å². The van der Waals surface area contributed by atoms with Crippen molar-refractivity contribution in [2.45, 2.75) is 31.4 Å². The minimum Gasteiger partial charge on any atom is -0.373 e. The van der Waals surface area contributed by atoms with Crippen molar-refractivity contribution in [1.29, 1.82) is 0 Å². The highest BCUT2D eigenvalue weighted by Gasteiger charge is 2.32. The van der Waals surface area contributed by atoms with Gasteiger partial charge in [0.25, 0.3) is 0 Å². The Morgan fingerprint density at radius 3 is 3.21 bits per heavy atom. The second-order valence-electron chi connectivity index (χ2n) is 6.72. The van der Waals surface area contributed by atoms with Gasteiger partial charge in [-0.05, 0) is 31.0 Å². The molecule has 0 spiro atoms. The Morgan fingerprint density at radius 2 is 2.25 bits per heavy atom. The van der Waals surface area contributed by atoms with Gasteiger partial charge in [-0.15, -0.1) is 0 Å². The van der Waals surface area contributed by atoms with Crippen molar-refractivity contribution in [2.75, 3.05) is 26.2 Å². The molecule has 1 N–H and O–H groups in total. The van der Waals surface area contributed by atoms with E-state index in [1.54, 1.807) is 6.20 Å². The average Bonchev–Trinajstić information content (AvgIpc) is 3.08. The number of aromatic nitrogens is 1. The molecule has 1 aromatic heterocycles. The first-order valence-corrected chi connectivity index (χ1v) is 8.74. The molecule has 0 aliphatic carbocycles. The van der Waals surface area contributed by atoms with Gasteiger partial charge in [-0.1, -0.05) is 24.3 Å². The van der Waals surface area contributed by atoms with E-state index in [2.05, 4.69) is 15.2 Å². The summed E-state index contributed by atoms with van der Waals surface area (Å²) in [5.74, 6) is 0.0281. The maximum Gasteiger partial charge on any atom is 0.224 e. The van der Waals surface area contributed by atoms with E-state index < -0.39 is 0 Å². The molecule has 1 aromatic carbocycles. The van der Waals surface area contributed by atoms with Crippen LogP contribution in [0.1, 0.15) is 18.4 Å². The molecule has 2 aliphatic heterocycles. The van der Waals surface area contributed by atoms with Gasteiger partial charge in [0.05, 0.1) is 24.6 Å². The number of pyridine rings is 1. The van der Waals surface area contributed by atoms with E-state index in [1.807, 2.05) is 30.3 Å². The van der Waals surface area contributed by atoms with Crippen LogP contribution in [0, 0.1) is 0 Å². The summed E-state index contributed by atoms with van der Waals surface area (Å²) < 4.78 is 5.89. The first-order chi connectivity index (χ1) is 11.8. The molecule has 2 fully saturated rings. The van der Waals surface area contributed by atoms with Crippen LogP contribution in [0.4, 0.5) is 0 Å². The summed E-state index contributed by atoms with van der Waals surface area (Å²) >= 11 is 0. The lowest BCUT2D eigenvalue weighted by molar-refractivity contribution is -0.121. The first kappa shape index (κ1) is 15.5. The predicted molar refractivity (Wildman–Crippen MR) is 92.8 cm³/mol. The van der Waals surface area contributed by atoms with Crippen molar-refractivity contribution in [2.24, 2.45) is 0 Å². The number of fused-ring (bicyclic) bond motifs is 2. The molecule has 5 nitrogen and oxygen atoms in total. The molecule has 2 aliphatic rings. The molecule has 2 atom stereocenters. The molecule has 2 saturated heterocycles. The number of hydrogen-bond acceptors (Lipinski definition) is 4. The fraction of sp³-hybridized carbons (Fsp3) is 0.474. The van der Waals surface area contributed by atoms with Crippen LogP contribution in [0.3, 0.4) is 0 Å². The number of nitrogens with zero attached hydrogens (tertiary/aromatic N) is 2. The van der Waals surface area contributed by atoms with Crippen LogP contribution in [-0.2, 0) is 16.0 Å². The summed E-state index contributed by atoms with van der Waals surface area (Å²) in [6, 6.07) is 10.5. The number of rotatable bonds is 4. The van der Waals surface area contributed by atoms with Crippen molar-refractivity contribution in [3.05, 3.63) is 42.1 Å². The summed E-state index contributed by atoms with van der Waals surface area (Å²) in [7, 11) is 0. The highest BCUT2D eigenvalue weighted by atomic mass is 16.5. The molecule has 0 unspecified atom stereocenters. The van der Waals surface area contributed by atoms with Crippen LogP contribution in [0.5, 0.6) is 0 Å². The van der Waals surface area contributed by atoms with E-state index in [-0.39, 0.29) is 12.0 Å². The van der Waals surface area contributed by atoms with Gasteiger partial charge in [0.1, 0.15) is 0 Å². The Labute approximate surface area is 142 Å². The summed E-state index contributed by atoms with van der Waals surface area (Å²) in [5.41, 5.74) is 1.87. The zero-order chi connectivity index (χ0) is 16.4. The van der Waals surface area contributed by atoms with Gasteiger partial charge in [0, 0.05) is 30.7 Å². The Kier molecular flexibility index (Phi) is 4.45. The zero-order valence-corrected chi connectivity index (χ0v) is 13.8. The van der Waals surface area contributed by atoms with Crippen molar-refractivity contribution >= 4 is 16.8 Å². The summed E-state index contributed by atoms with van der Waals surface area (Å²) in [5, 5.41) is 4.10. The van der Waals surface area contributed by atoms with Crippen molar-refractivity contribution in [1.82, 2.24) is 15.2 Å². The molecular weight excluding hydrogens is 302 g/mol. The van der Waals surface area contributed by atoms with E-state index >= 15 is 0 Å². The fourth-order valence-corrected chi connectivity index (χ4v) is 3.78. The van der Waals surface area contributed by atoms with E-state index in [4.69, 9.17) is 4.74 Å². The largest absolute Gasteiger partial charge is 0.373 e. The molecule has 1 amide bonds. The van der Waals surface area contributed by atoms with Gasteiger partial charge in [-0.3, -0.25) is 14.7 Å². The number of morpholine rings is 1. The fourth-order valence-electron chi connectivity index (χ4n) is 3.78. The third kappa shape index (κ3) is 3.28. The number of carbonyl (C=O) groups excluding carboxylic acids is 1. The lowest BCUT2D eigenvalue weighted by Crippen LogP contribution is -2.50. The van der Waals surface area contributed by atoms with Gasteiger partial charge < -0.3 is 10.1 Å². The monoisotopic (exact) mass is 325 g/mol. The number of benzene rings is 1. The maximum absolute atomic E-state index is 12.3. The third-order valence-corrected chi connectivity index (χ3v) is 5.06. The number of ether oxygens (including phenoxy) is 1. The van der Waals surface area contributed by atoms with Gasteiger partial charge in [-0.25, -0.2) is 0 Å². The quantitative estimate of drug-likeness (QED) is 0.931. The predicted octanol–water partition coefficient (Wildman–Crippen LogP) is 1.76. The lowest BCUT2D eigenvalue weighted by atomic mass is 10.1.